The summed E-state index contributed by atoms with van der Waals surface area (Å²) in [6, 6.07) is 0. The van der Waals surface area contributed by atoms with Crippen molar-refractivity contribution in [1.82, 2.24) is 0 Å². The van der Waals surface area contributed by atoms with Crippen molar-refractivity contribution in [3.63, 3.8) is 0 Å². The van der Waals surface area contributed by atoms with Crippen molar-refractivity contribution in [2.75, 3.05) is 47.5 Å². The first-order chi connectivity index (χ1) is 23.5. The Morgan fingerprint density at radius 2 is 1.06 bits per heavy atom. The average molecular weight is 717 g/mol. The van der Waals surface area contributed by atoms with Gasteiger partial charge in [-0.1, -0.05) is 115 Å². The number of phosphoric ester groups is 1. The fourth-order valence-corrected chi connectivity index (χ4v) is 5.79. The van der Waals surface area contributed by atoms with Gasteiger partial charge in [-0.05, 0) is 57.8 Å². The van der Waals surface area contributed by atoms with E-state index in [1.54, 1.807) is 0 Å². The van der Waals surface area contributed by atoms with Gasteiger partial charge in [0.15, 0.2) is 6.10 Å². The Kier molecular flexibility index (Phi) is 31.4. The SMILES string of the molecule is CCCC/C=C/CCCCCCCC(=O)O[C@H](COC(=O)CCCCCCC/C=C/CCCCCCC)COP(=O)(O)OCC[N+](C)(C)C. The van der Waals surface area contributed by atoms with Crippen molar-refractivity contribution in [1.29, 1.82) is 0 Å². The molecule has 1 unspecified atom stereocenters. The van der Waals surface area contributed by atoms with E-state index in [9.17, 15) is 19.0 Å². The van der Waals surface area contributed by atoms with E-state index in [0.717, 1.165) is 77.0 Å². The number of allylic oxidation sites excluding steroid dienone is 4. The van der Waals surface area contributed by atoms with Crippen molar-refractivity contribution in [2.24, 2.45) is 0 Å². The van der Waals surface area contributed by atoms with Gasteiger partial charge in [0.05, 0.1) is 27.7 Å². The van der Waals surface area contributed by atoms with E-state index in [-0.39, 0.29) is 32.0 Å². The number of esters is 2. The molecule has 0 amide bonds. The van der Waals surface area contributed by atoms with Gasteiger partial charge in [0, 0.05) is 12.8 Å². The Bertz CT molecular complexity index is 902. The predicted octanol–water partition coefficient (Wildman–Crippen LogP) is 10.4. The molecule has 0 spiro atoms. The summed E-state index contributed by atoms with van der Waals surface area (Å²) in [5.41, 5.74) is 0. The average Bonchev–Trinajstić information content (AvgIpc) is 3.04. The van der Waals surface area contributed by atoms with Gasteiger partial charge in [0.25, 0.3) is 0 Å². The number of carbonyl (C=O) groups is 2. The smallest absolute Gasteiger partial charge is 0.462 e. The van der Waals surface area contributed by atoms with Gasteiger partial charge in [-0.2, -0.15) is 0 Å². The lowest BCUT2D eigenvalue weighted by atomic mass is 10.1. The number of phosphoric acid groups is 1. The quantitative estimate of drug-likeness (QED) is 0.0227. The van der Waals surface area contributed by atoms with Crippen molar-refractivity contribution in [3.8, 4) is 0 Å². The van der Waals surface area contributed by atoms with Gasteiger partial charge < -0.3 is 18.9 Å². The molecule has 0 aromatic heterocycles. The molecule has 0 radical (unpaired) electrons. The minimum Gasteiger partial charge on any atom is -0.462 e. The molecule has 0 bridgehead atoms. The Balaban J connectivity index is 4.44. The van der Waals surface area contributed by atoms with Crippen molar-refractivity contribution < 1.29 is 42.1 Å². The molecule has 0 aromatic rings. The molecule has 49 heavy (non-hydrogen) atoms. The fraction of sp³-hybridized carbons (Fsp3) is 0.846. The Hall–Kier alpha value is -1.51. The maximum atomic E-state index is 12.6. The maximum Gasteiger partial charge on any atom is 0.472 e. The van der Waals surface area contributed by atoms with Gasteiger partial charge in [-0.15, -0.1) is 0 Å². The summed E-state index contributed by atoms with van der Waals surface area (Å²) in [6.45, 7) is 4.34. The first kappa shape index (κ1) is 47.5. The summed E-state index contributed by atoms with van der Waals surface area (Å²) >= 11 is 0. The van der Waals surface area contributed by atoms with E-state index < -0.39 is 26.5 Å². The van der Waals surface area contributed by atoms with Crippen LogP contribution < -0.4 is 0 Å². The van der Waals surface area contributed by atoms with E-state index >= 15 is 0 Å². The van der Waals surface area contributed by atoms with E-state index in [0.29, 0.717) is 17.4 Å². The Labute approximate surface area is 300 Å². The first-order valence-electron chi connectivity index (χ1n) is 19.6. The molecule has 10 heteroatoms. The van der Waals surface area contributed by atoms with Gasteiger partial charge in [-0.3, -0.25) is 18.6 Å². The number of hydrogen-bond acceptors (Lipinski definition) is 7. The van der Waals surface area contributed by atoms with Crippen LogP contribution in [0.15, 0.2) is 24.3 Å². The fourth-order valence-electron chi connectivity index (χ4n) is 5.05. The molecule has 0 aliphatic rings. The third-order valence-electron chi connectivity index (χ3n) is 8.20. The summed E-state index contributed by atoms with van der Waals surface area (Å²) in [4.78, 5) is 35.1. The number of hydrogen-bond donors (Lipinski definition) is 1. The highest BCUT2D eigenvalue weighted by molar-refractivity contribution is 7.47. The van der Waals surface area contributed by atoms with Gasteiger partial charge >= 0.3 is 19.8 Å². The summed E-state index contributed by atoms with van der Waals surface area (Å²) in [5, 5.41) is 0. The van der Waals surface area contributed by atoms with Crippen LogP contribution in [-0.4, -0.2) is 74.9 Å². The van der Waals surface area contributed by atoms with Crippen molar-refractivity contribution in [3.05, 3.63) is 24.3 Å². The highest BCUT2D eigenvalue weighted by Crippen LogP contribution is 2.43. The lowest BCUT2D eigenvalue weighted by molar-refractivity contribution is -0.870. The van der Waals surface area contributed by atoms with Crippen LogP contribution in [0.5, 0.6) is 0 Å². The lowest BCUT2D eigenvalue weighted by Gasteiger charge is -2.24. The van der Waals surface area contributed by atoms with Crippen LogP contribution in [0.3, 0.4) is 0 Å². The molecular weight excluding hydrogens is 641 g/mol. The van der Waals surface area contributed by atoms with Crippen LogP contribution in [0.4, 0.5) is 0 Å². The molecule has 0 saturated carbocycles. The van der Waals surface area contributed by atoms with Crippen molar-refractivity contribution >= 4 is 19.8 Å². The van der Waals surface area contributed by atoms with Crippen LogP contribution in [0.25, 0.3) is 0 Å². The normalized spacial score (nSPS) is 14.0. The summed E-state index contributed by atoms with van der Waals surface area (Å²) in [6.07, 6.45) is 32.2. The maximum absolute atomic E-state index is 12.6. The van der Waals surface area contributed by atoms with Crippen molar-refractivity contribution in [2.45, 2.75) is 168 Å². The minimum absolute atomic E-state index is 0.0295. The van der Waals surface area contributed by atoms with Crippen LogP contribution in [0.1, 0.15) is 162 Å². The van der Waals surface area contributed by atoms with Gasteiger partial charge in [-0.25, -0.2) is 4.57 Å². The standard InChI is InChI=1S/C39H74NO8P/c1-6-8-10-12-14-16-18-19-20-22-23-25-27-29-31-38(41)45-35-37(36-47-49(43,44)46-34-33-40(3,4)5)48-39(42)32-30-28-26-24-21-17-15-13-11-9-7-2/h13,15,18-19,37H,6-12,14,16-17,20-36H2,1-5H3/p+1/b15-13+,19-18+/t37-/m1/s1. The topological polar surface area (TPSA) is 108 Å². The molecule has 9 nitrogen and oxygen atoms in total. The molecule has 0 heterocycles. The molecule has 0 saturated heterocycles. The van der Waals surface area contributed by atoms with Gasteiger partial charge in [0.1, 0.15) is 19.8 Å². The molecule has 1 N–H and O–H groups in total. The van der Waals surface area contributed by atoms with E-state index in [2.05, 4.69) is 38.2 Å². The molecule has 0 rings (SSSR count). The zero-order chi connectivity index (χ0) is 36.5. The zero-order valence-corrected chi connectivity index (χ0v) is 33.1. The van der Waals surface area contributed by atoms with Gasteiger partial charge in [0.2, 0.25) is 0 Å². The number of unbranched alkanes of at least 4 members (excludes halogenated alkanes) is 17. The molecule has 0 aliphatic carbocycles. The van der Waals surface area contributed by atoms with E-state index in [1.807, 2.05) is 21.1 Å². The van der Waals surface area contributed by atoms with Crippen LogP contribution in [-0.2, 0) is 32.7 Å². The summed E-state index contributed by atoms with van der Waals surface area (Å²) in [5.74, 6) is -0.821. The molecule has 0 aromatic carbocycles. The largest absolute Gasteiger partial charge is 0.472 e. The number of nitrogens with zero attached hydrogens (tertiary/aromatic N) is 1. The molecule has 288 valence electrons. The highest BCUT2D eigenvalue weighted by Gasteiger charge is 2.27. The molecule has 2 atom stereocenters. The lowest BCUT2D eigenvalue weighted by Crippen LogP contribution is -2.37. The highest BCUT2D eigenvalue weighted by atomic mass is 31.2. The van der Waals surface area contributed by atoms with Crippen LogP contribution in [0, 0.1) is 0 Å². The second-order valence-electron chi connectivity index (χ2n) is 14.3. The number of ether oxygens (including phenoxy) is 2. The summed E-state index contributed by atoms with van der Waals surface area (Å²) in [7, 11) is 1.46. The second kappa shape index (κ2) is 32.4. The third kappa shape index (κ3) is 36.1. The monoisotopic (exact) mass is 717 g/mol. The summed E-state index contributed by atoms with van der Waals surface area (Å²) < 4.78 is 34.1. The van der Waals surface area contributed by atoms with E-state index in [1.165, 1.54) is 51.4 Å². The number of likely N-dealkylation sites (N-methyl/N-ethyl adjacent to an activating group) is 1. The molecular formula is C39H75NO8P+. The van der Waals surface area contributed by atoms with E-state index in [4.69, 9.17) is 18.5 Å². The first-order valence-corrected chi connectivity index (χ1v) is 21.1. The number of carbonyl (C=O) groups excluding carboxylic acids is 2. The number of rotatable bonds is 35. The van der Waals surface area contributed by atoms with Crippen LogP contribution >= 0.6 is 7.82 Å². The molecule has 0 fully saturated rings. The zero-order valence-electron chi connectivity index (χ0n) is 32.2. The minimum atomic E-state index is -4.37. The number of quaternary nitrogens is 1. The Morgan fingerprint density at radius 3 is 1.57 bits per heavy atom. The molecule has 0 aliphatic heterocycles. The third-order valence-corrected chi connectivity index (χ3v) is 9.19. The van der Waals surface area contributed by atoms with Crippen LogP contribution in [0.2, 0.25) is 0 Å². The predicted molar refractivity (Wildman–Crippen MR) is 201 cm³/mol. The Morgan fingerprint density at radius 1 is 0.612 bits per heavy atom. The second-order valence-corrected chi connectivity index (χ2v) is 15.8.